The van der Waals surface area contributed by atoms with E-state index in [1.54, 1.807) is 6.07 Å². The lowest BCUT2D eigenvalue weighted by Crippen LogP contribution is -2.42. The molecule has 0 unspecified atom stereocenters. The monoisotopic (exact) mass is 355 g/mol. The van der Waals surface area contributed by atoms with Crippen molar-refractivity contribution in [2.45, 2.75) is 19.1 Å². The third kappa shape index (κ3) is 5.43. The van der Waals surface area contributed by atoms with Crippen molar-refractivity contribution in [3.05, 3.63) is 42.5 Å². The summed E-state index contributed by atoms with van der Waals surface area (Å²) in [7, 11) is -4.51. The Labute approximate surface area is 141 Å². The van der Waals surface area contributed by atoms with E-state index in [9.17, 15) is 18.6 Å². The number of benzene rings is 2. The lowest BCUT2D eigenvalue weighted by atomic mass is 10.1. The Kier molecular flexibility index (Phi) is 6.14. The van der Waals surface area contributed by atoms with E-state index in [1.165, 1.54) is 6.92 Å². The van der Waals surface area contributed by atoms with Crippen LogP contribution in [0.4, 0.5) is 0 Å². The van der Waals surface area contributed by atoms with Crippen LogP contribution in [0.5, 0.6) is 5.75 Å². The Hall–Kier alpha value is -1.71. The Morgan fingerprint density at radius 2 is 1.75 bits per heavy atom. The van der Waals surface area contributed by atoms with Gasteiger partial charge in [0.1, 0.15) is 18.5 Å². The number of aliphatic hydroxyl groups is 2. The number of fused-ring (bicyclic) bond motifs is 1. The van der Waals surface area contributed by atoms with E-state index in [0.717, 1.165) is 10.8 Å². The number of hydrogen-bond acceptors (Lipinski definition) is 5. The van der Waals surface area contributed by atoms with Crippen LogP contribution in [-0.4, -0.2) is 59.4 Å². The van der Waals surface area contributed by atoms with Crippen molar-refractivity contribution in [3.63, 3.8) is 0 Å². The number of ether oxygens (including phenoxy) is 1. The molecule has 0 amide bonds. The van der Waals surface area contributed by atoms with Gasteiger partial charge in [0.25, 0.3) is 0 Å². The van der Waals surface area contributed by atoms with Gasteiger partial charge in [-0.2, -0.15) is 12.7 Å². The van der Waals surface area contributed by atoms with Gasteiger partial charge < -0.3 is 14.9 Å². The fourth-order valence-corrected chi connectivity index (χ4v) is 3.06. The molecule has 132 valence electrons. The van der Waals surface area contributed by atoms with Gasteiger partial charge in [-0.25, -0.2) is 0 Å². The van der Waals surface area contributed by atoms with E-state index in [1.807, 2.05) is 36.4 Å². The fourth-order valence-electron chi connectivity index (χ4n) is 2.29. The van der Waals surface area contributed by atoms with E-state index in [4.69, 9.17) is 9.29 Å². The van der Waals surface area contributed by atoms with Crippen LogP contribution in [0.2, 0.25) is 0 Å². The summed E-state index contributed by atoms with van der Waals surface area (Å²) in [6, 6.07) is 13.2. The van der Waals surface area contributed by atoms with Gasteiger partial charge in [0.15, 0.2) is 0 Å². The molecule has 0 fully saturated rings. The highest BCUT2D eigenvalue weighted by Crippen LogP contribution is 2.20. The van der Waals surface area contributed by atoms with E-state index in [0.29, 0.717) is 10.1 Å². The van der Waals surface area contributed by atoms with Gasteiger partial charge in [-0.05, 0) is 29.8 Å². The van der Waals surface area contributed by atoms with E-state index in [-0.39, 0.29) is 19.7 Å². The van der Waals surface area contributed by atoms with Gasteiger partial charge in [-0.15, -0.1) is 0 Å². The van der Waals surface area contributed by atoms with Gasteiger partial charge in [-0.3, -0.25) is 4.55 Å². The minimum absolute atomic E-state index is 0.149. The molecule has 0 bridgehead atoms. The fraction of sp³-hybridized carbons (Fsp3) is 0.375. The van der Waals surface area contributed by atoms with Crippen LogP contribution in [0, 0.1) is 0 Å². The molecule has 0 spiro atoms. The molecule has 24 heavy (non-hydrogen) atoms. The molecular formula is C16H21NO6S. The second kappa shape index (κ2) is 7.91. The third-order valence-corrected chi connectivity index (χ3v) is 4.32. The first-order valence-corrected chi connectivity index (χ1v) is 8.85. The maximum atomic E-state index is 11.2. The van der Waals surface area contributed by atoms with Crippen molar-refractivity contribution >= 4 is 21.1 Å². The minimum Gasteiger partial charge on any atom is -0.491 e. The van der Waals surface area contributed by atoms with Crippen molar-refractivity contribution in [1.82, 2.24) is 4.31 Å². The second-order valence-electron chi connectivity index (χ2n) is 5.62. The summed E-state index contributed by atoms with van der Waals surface area (Å²) in [6.07, 6.45) is -2.13. The van der Waals surface area contributed by atoms with Crippen molar-refractivity contribution in [1.29, 1.82) is 0 Å². The molecule has 2 aromatic carbocycles. The SMILES string of the molecule is C[C@H](O)CN(C[C@@H](O)COc1ccc2ccccc2c1)S(=O)(=O)O. The van der Waals surface area contributed by atoms with Crippen molar-refractivity contribution in [2.75, 3.05) is 19.7 Å². The summed E-state index contributed by atoms with van der Waals surface area (Å²) < 4.78 is 37.7. The first kappa shape index (κ1) is 18.6. The van der Waals surface area contributed by atoms with Crippen LogP contribution < -0.4 is 4.74 Å². The van der Waals surface area contributed by atoms with Crippen LogP contribution in [0.1, 0.15) is 6.92 Å². The molecule has 2 aromatic rings. The zero-order chi connectivity index (χ0) is 17.7. The highest BCUT2D eigenvalue weighted by molar-refractivity contribution is 7.83. The van der Waals surface area contributed by atoms with Crippen LogP contribution in [0.25, 0.3) is 10.8 Å². The Bertz CT molecular complexity index is 777. The maximum absolute atomic E-state index is 11.2. The van der Waals surface area contributed by atoms with Gasteiger partial charge >= 0.3 is 10.3 Å². The Morgan fingerprint density at radius 1 is 1.08 bits per heavy atom. The Morgan fingerprint density at radius 3 is 2.38 bits per heavy atom. The number of aliphatic hydroxyl groups excluding tert-OH is 2. The lowest BCUT2D eigenvalue weighted by molar-refractivity contribution is 0.0745. The predicted octanol–water partition coefficient (Wildman–Crippen LogP) is 1.07. The molecule has 2 atom stereocenters. The molecule has 0 aliphatic heterocycles. The van der Waals surface area contributed by atoms with E-state index in [2.05, 4.69) is 0 Å². The van der Waals surface area contributed by atoms with Gasteiger partial charge in [-0.1, -0.05) is 30.3 Å². The first-order valence-electron chi connectivity index (χ1n) is 7.46. The number of hydrogen-bond donors (Lipinski definition) is 3. The van der Waals surface area contributed by atoms with Crippen molar-refractivity contribution < 1.29 is 27.9 Å². The zero-order valence-electron chi connectivity index (χ0n) is 13.2. The quantitative estimate of drug-likeness (QED) is 0.611. The van der Waals surface area contributed by atoms with Gasteiger partial charge in [0.05, 0.1) is 6.10 Å². The zero-order valence-corrected chi connectivity index (χ0v) is 14.1. The molecule has 0 aliphatic rings. The largest absolute Gasteiger partial charge is 0.491 e. The van der Waals surface area contributed by atoms with Crippen molar-refractivity contribution in [2.24, 2.45) is 0 Å². The molecule has 8 heteroatoms. The number of nitrogens with zero attached hydrogens (tertiary/aromatic N) is 1. The molecule has 0 radical (unpaired) electrons. The summed E-state index contributed by atoms with van der Waals surface area (Å²) in [6.45, 7) is 0.545. The highest BCUT2D eigenvalue weighted by atomic mass is 32.2. The molecule has 0 heterocycles. The summed E-state index contributed by atoms with van der Waals surface area (Å²) in [4.78, 5) is 0. The third-order valence-electron chi connectivity index (χ3n) is 3.37. The summed E-state index contributed by atoms with van der Waals surface area (Å²) >= 11 is 0. The normalized spacial score (nSPS) is 14.7. The van der Waals surface area contributed by atoms with Crippen molar-refractivity contribution in [3.8, 4) is 5.75 Å². The van der Waals surface area contributed by atoms with Crippen LogP contribution in [0.3, 0.4) is 0 Å². The smallest absolute Gasteiger partial charge is 0.336 e. The lowest BCUT2D eigenvalue weighted by Gasteiger charge is -2.23. The second-order valence-corrected chi connectivity index (χ2v) is 7.03. The molecule has 0 saturated carbocycles. The maximum Gasteiger partial charge on any atom is 0.336 e. The van der Waals surface area contributed by atoms with E-state index >= 15 is 0 Å². The summed E-state index contributed by atoms with van der Waals surface area (Å²) in [5, 5.41) is 21.3. The average Bonchev–Trinajstić information content (AvgIpc) is 2.51. The van der Waals surface area contributed by atoms with Crippen LogP contribution >= 0.6 is 0 Å². The Balaban J connectivity index is 1.96. The van der Waals surface area contributed by atoms with Gasteiger partial charge in [0, 0.05) is 13.1 Å². The number of rotatable bonds is 8. The molecule has 2 rings (SSSR count). The molecule has 0 aromatic heterocycles. The molecule has 0 aliphatic carbocycles. The molecular weight excluding hydrogens is 334 g/mol. The average molecular weight is 355 g/mol. The standard InChI is InChI=1S/C16H21NO6S/c1-12(18)9-17(24(20,21)22)10-15(19)11-23-16-7-6-13-4-2-3-5-14(13)8-16/h2-8,12,15,18-19H,9-11H2,1H3,(H,20,21,22)/t12-,15+/m0/s1. The molecule has 7 nitrogen and oxygen atoms in total. The predicted molar refractivity (Wildman–Crippen MR) is 90.3 cm³/mol. The molecule has 3 N–H and O–H groups in total. The minimum atomic E-state index is -4.51. The highest BCUT2D eigenvalue weighted by Gasteiger charge is 2.24. The first-order chi connectivity index (χ1) is 11.3. The summed E-state index contributed by atoms with van der Waals surface area (Å²) in [5.41, 5.74) is 0. The molecule has 0 saturated heterocycles. The van der Waals surface area contributed by atoms with Gasteiger partial charge in [0.2, 0.25) is 0 Å². The van der Waals surface area contributed by atoms with Crippen LogP contribution in [-0.2, 0) is 10.3 Å². The van der Waals surface area contributed by atoms with E-state index < -0.39 is 22.5 Å². The summed E-state index contributed by atoms with van der Waals surface area (Å²) in [5.74, 6) is 0.543. The topological polar surface area (TPSA) is 107 Å². The van der Waals surface area contributed by atoms with Crippen LogP contribution in [0.15, 0.2) is 42.5 Å².